The standard InChI is InChI=1S/C18H18N2O2S2/c1-4-11-20-16-10-7-14(3)12-17(16)23-18(20)19-24(21,22)15-8-5-13(2)6-9-15/h4-10,12H,1,11H2,2-3H3/b19-18-. The van der Waals surface area contributed by atoms with Gasteiger partial charge in [0.05, 0.1) is 15.1 Å². The van der Waals surface area contributed by atoms with Crippen molar-refractivity contribution in [3.63, 3.8) is 0 Å². The zero-order valence-electron chi connectivity index (χ0n) is 13.6. The number of hydrogen-bond acceptors (Lipinski definition) is 3. The lowest BCUT2D eigenvalue weighted by Gasteiger charge is -2.02. The van der Waals surface area contributed by atoms with Crippen LogP contribution in [0.4, 0.5) is 0 Å². The average Bonchev–Trinajstić information content (AvgIpc) is 2.84. The van der Waals surface area contributed by atoms with E-state index in [0.717, 1.165) is 21.3 Å². The van der Waals surface area contributed by atoms with Gasteiger partial charge in [0.15, 0.2) is 0 Å². The van der Waals surface area contributed by atoms with Crippen molar-refractivity contribution >= 4 is 31.6 Å². The fraction of sp³-hybridized carbons (Fsp3) is 0.167. The van der Waals surface area contributed by atoms with E-state index >= 15 is 0 Å². The highest BCUT2D eigenvalue weighted by Gasteiger charge is 2.14. The summed E-state index contributed by atoms with van der Waals surface area (Å²) in [4.78, 5) is 0.656. The summed E-state index contributed by atoms with van der Waals surface area (Å²) >= 11 is 1.37. The molecule has 0 bridgehead atoms. The summed E-state index contributed by atoms with van der Waals surface area (Å²) in [5.74, 6) is 0. The second kappa shape index (κ2) is 6.37. The molecule has 0 saturated heterocycles. The van der Waals surface area contributed by atoms with E-state index in [0.29, 0.717) is 11.3 Å². The van der Waals surface area contributed by atoms with E-state index in [2.05, 4.69) is 11.0 Å². The number of aromatic nitrogens is 1. The summed E-state index contributed by atoms with van der Waals surface area (Å²) in [6.07, 6.45) is 1.74. The van der Waals surface area contributed by atoms with E-state index in [1.807, 2.05) is 36.6 Å². The summed E-state index contributed by atoms with van der Waals surface area (Å²) in [5.41, 5.74) is 3.10. The van der Waals surface area contributed by atoms with Crippen LogP contribution in [0.2, 0.25) is 0 Å². The van der Waals surface area contributed by atoms with Gasteiger partial charge in [-0.1, -0.05) is 41.2 Å². The van der Waals surface area contributed by atoms with Gasteiger partial charge in [-0.15, -0.1) is 11.0 Å². The van der Waals surface area contributed by atoms with E-state index in [4.69, 9.17) is 0 Å². The van der Waals surface area contributed by atoms with Crippen LogP contribution in [-0.2, 0) is 16.6 Å². The van der Waals surface area contributed by atoms with Gasteiger partial charge in [0, 0.05) is 6.54 Å². The molecule has 4 nitrogen and oxygen atoms in total. The van der Waals surface area contributed by atoms with Crippen LogP contribution >= 0.6 is 11.3 Å². The first kappa shape index (κ1) is 16.7. The maximum atomic E-state index is 12.6. The van der Waals surface area contributed by atoms with Crippen LogP contribution in [0, 0.1) is 13.8 Å². The SMILES string of the molecule is C=CCn1/c(=N/S(=O)(=O)c2ccc(C)cc2)sc2cc(C)ccc21. The molecule has 0 radical (unpaired) electrons. The van der Waals surface area contributed by atoms with Gasteiger partial charge in [0.1, 0.15) is 0 Å². The van der Waals surface area contributed by atoms with Crippen molar-refractivity contribution in [3.05, 3.63) is 71.0 Å². The third-order valence-electron chi connectivity index (χ3n) is 3.67. The Morgan fingerprint density at radius 2 is 1.79 bits per heavy atom. The molecule has 1 aromatic heterocycles. The lowest BCUT2D eigenvalue weighted by molar-refractivity contribution is 0.596. The normalized spacial score (nSPS) is 12.7. The Morgan fingerprint density at radius 1 is 1.12 bits per heavy atom. The Labute approximate surface area is 145 Å². The summed E-state index contributed by atoms with van der Waals surface area (Å²) in [5, 5.41) is 0. The zero-order valence-corrected chi connectivity index (χ0v) is 15.2. The van der Waals surface area contributed by atoms with Crippen molar-refractivity contribution in [2.75, 3.05) is 0 Å². The highest BCUT2D eigenvalue weighted by molar-refractivity contribution is 7.90. The van der Waals surface area contributed by atoms with E-state index in [-0.39, 0.29) is 4.90 Å². The van der Waals surface area contributed by atoms with Crippen LogP contribution in [-0.4, -0.2) is 13.0 Å². The number of nitrogens with zero attached hydrogens (tertiary/aromatic N) is 2. The lowest BCUT2D eigenvalue weighted by Crippen LogP contribution is -2.16. The summed E-state index contributed by atoms with van der Waals surface area (Å²) in [7, 11) is -3.75. The topological polar surface area (TPSA) is 51.4 Å². The summed E-state index contributed by atoms with van der Waals surface area (Å²) in [6.45, 7) is 8.19. The fourth-order valence-corrected chi connectivity index (χ4v) is 4.76. The largest absolute Gasteiger partial charge is 0.312 e. The Kier molecular flexibility index (Phi) is 4.43. The van der Waals surface area contributed by atoms with Gasteiger partial charge in [0.25, 0.3) is 10.0 Å². The van der Waals surface area contributed by atoms with E-state index in [1.165, 1.54) is 11.3 Å². The highest BCUT2D eigenvalue weighted by atomic mass is 32.2. The minimum atomic E-state index is -3.75. The Balaban J connectivity index is 2.23. The van der Waals surface area contributed by atoms with E-state index in [1.54, 1.807) is 30.3 Å². The zero-order chi connectivity index (χ0) is 17.3. The van der Waals surface area contributed by atoms with Crippen molar-refractivity contribution in [1.82, 2.24) is 4.57 Å². The molecule has 24 heavy (non-hydrogen) atoms. The van der Waals surface area contributed by atoms with Gasteiger partial charge in [0.2, 0.25) is 4.80 Å². The minimum Gasteiger partial charge on any atom is -0.312 e. The van der Waals surface area contributed by atoms with Gasteiger partial charge < -0.3 is 4.57 Å². The second-order valence-electron chi connectivity index (χ2n) is 5.63. The van der Waals surface area contributed by atoms with Gasteiger partial charge in [-0.3, -0.25) is 0 Å². The van der Waals surface area contributed by atoms with Crippen molar-refractivity contribution < 1.29 is 8.42 Å². The molecule has 0 fully saturated rings. The molecular formula is C18H18N2O2S2. The minimum absolute atomic E-state index is 0.201. The van der Waals surface area contributed by atoms with Crippen LogP contribution in [0.25, 0.3) is 10.2 Å². The lowest BCUT2D eigenvalue weighted by atomic mass is 10.2. The number of allylic oxidation sites excluding steroid dienone is 1. The van der Waals surface area contributed by atoms with Crippen LogP contribution in [0.15, 0.2) is 64.4 Å². The fourth-order valence-electron chi connectivity index (χ4n) is 2.42. The number of hydrogen-bond donors (Lipinski definition) is 0. The number of thiazole rings is 1. The van der Waals surface area contributed by atoms with Gasteiger partial charge in [-0.25, -0.2) is 0 Å². The molecule has 0 atom stereocenters. The maximum absolute atomic E-state index is 12.6. The average molecular weight is 358 g/mol. The van der Waals surface area contributed by atoms with Crippen molar-refractivity contribution in [1.29, 1.82) is 0 Å². The maximum Gasteiger partial charge on any atom is 0.285 e. The van der Waals surface area contributed by atoms with Gasteiger partial charge in [-0.05, 0) is 43.7 Å². The van der Waals surface area contributed by atoms with E-state index < -0.39 is 10.0 Å². The predicted molar refractivity (Wildman–Crippen MR) is 98.7 cm³/mol. The Bertz CT molecular complexity index is 1070. The predicted octanol–water partition coefficient (Wildman–Crippen LogP) is 3.80. The monoisotopic (exact) mass is 358 g/mol. The van der Waals surface area contributed by atoms with Crippen molar-refractivity contribution in [2.24, 2.45) is 4.40 Å². The number of fused-ring (bicyclic) bond motifs is 1. The van der Waals surface area contributed by atoms with Crippen molar-refractivity contribution in [2.45, 2.75) is 25.3 Å². The number of benzene rings is 2. The first-order valence-electron chi connectivity index (χ1n) is 7.49. The summed E-state index contributed by atoms with van der Waals surface area (Å²) < 4.78 is 32.2. The van der Waals surface area contributed by atoms with E-state index in [9.17, 15) is 8.42 Å². The molecule has 0 spiro atoms. The van der Waals surface area contributed by atoms with Crippen LogP contribution in [0.3, 0.4) is 0 Å². The molecule has 0 aliphatic rings. The molecule has 0 aliphatic carbocycles. The molecule has 0 saturated carbocycles. The molecule has 3 rings (SSSR count). The molecule has 3 aromatic rings. The Hall–Kier alpha value is -2.18. The molecule has 0 unspecified atom stereocenters. The Morgan fingerprint density at radius 3 is 2.46 bits per heavy atom. The number of sulfonamides is 1. The van der Waals surface area contributed by atoms with Crippen LogP contribution in [0.5, 0.6) is 0 Å². The first-order valence-corrected chi connectivity index (χ1v) is 9.75. The third kappa shape index (κ3) is 3.20. The van der Waals surface area contributed by atoms with Crippen LogP contribution < -0.4 is 4.80 Å². The molecule has 1 heterocycles. The molecule has 0 aliphatic heterocycles. The number of rotatable bonds is 4. The molecule has 0 amide bonds. The molecular weight excluding hydrogens is 340 g/mol. The van der Waals surface area contributed by atoms with Crippen LogP contribution in [0.1, 0.15) is 11.1 Å². The second-order valence-corrected chi connectivity index (χ2v) is 8.25. The first-order chi connectivity index (χ1) is 11.4. The highest BCUT2D eigenvalue weighted by Crippen LogP contribution is 2.20. The third-order valence-corrected chi connectivity index (χ3v) is 6.10. The van der Waals surface area contributed by atoms with Gasteiger partial charge >= 0.3 is 0 Å². The van der Waals surface area contributed by atoms with Crippen molar-refractivity contribution in [3.8, 4) is 0 Å². The molecule has 124 valence electrons. The quantitative estimate of drug-likeness (QED) is 0.666. The molecule has 2 aromatic carbocycles. The molecule has 0 N–H and O–H groups in total. The van der Waals surface area contributed by atoms with Gasteiger partial charge in [-0.2, -0.15) is 8.42 Å². The summed E-state index contributed by atoms with van der Waals surface area (Å²) in [6, 6.07) is 12.8. The number of aryl methyl sites for hydroxylation is 2. The smallest absolute Gasteiger partial charge is 0.285 e. The molecule has 6 heteroatoms.